The lowest BCUT2D eigenvalue weighted by Crippen LogP contribution is -2.48. The van der Waals surface area contributed by atoms with E-state index in [2.05, 4.69) is 31.1 Å². The number of carboxylic acid groups (broad SMARTS) is 1. The third kappa shape index (κ3) is 6.87. The van der Waals surface area contributed by atoms with E-state index in [1.54, 1.807) is 23.9 Å². The van der Waals surface area contributed by atoms with Crippen LogP contribution in [-0.4, -0.2) is 73.7 Å². The van der Waals surface area contributed by atoms with Crippen LogP contribution in [0.1, 0.15) is 22.5 Å². The molecule has 4 rings (SSSR count). The molecule has 1 aliphatic heterocycles. The fourth-order valence-corrected chi connectivity index (χ4v) is 6.72. The topological polar surface area (TPSA) is 166 Å². The highest BCUT2D eigenvalue weighted by Crippen LogP contribution is 2.29. The van der Waals surface area contributed by atoms with Gasteiger partial charge in [0, 0.05) is 32.1 Å². The van der Waals surface area contributed by atoms with E-state index in [1.807, 2.05) is 6.07 Å². The molecule has 2 heterocycles. The Morgan fingerprint density at radius 2 is 1.82 bits per heavy atom. The van der Waals surface area contributed by atoms with Crippen molar-refractivity contribution in [2.45, 2.75) is 30.1 Å². The van der Waals surface area contributed by atoms with E-state index in [9.17, 15) is 23.1 Å². The zero-order chi connectivity index (χ0) is 28.2. The maximum Gasteiger partial charge on any atom is 0.323 e. The Morgan fingerprint density at radius 1 is 1.15 bits per heavy atom. The lowest BCUT2D eigenvalue weighted by atomic mass is 10.1. The van der Waals surface area contributed by atoms with Gasteiger partial charge in [-0.1, -0.05) is 41.4 Å². The number of carbonyl (C=O) groups is 2. The minimum absolute atomic E-state index is 0.0987. The molecule has 0 aliphatic carbocycles. The monoisotopic (exact) mass is 597 g/mol. The maximum absolute atomic E-state index is 13.1. The molecule has 0 saturated carbocycles. The van der Waals surface area contributed by atoms with Gasteiger partial charge in [0.2, 0.25) is 10.0 Å². The number of sulfonamides is 1. The van der Waals surface area contributed by atoms with Gasteiger partial charge in [0.25, 0.3) is 5.91 Å². The van der Waals surface area contributed by atoms with E-state index in [-0.39, 0.29) is 21.9 Å². The number of nitrogens with one attached hydrogen (secondary N) is 5. The zero-order valence-corrected chi connectivity index (χ0v) is 23.3. The predicted molar refractivity (Wildman–Crippen MR) is 147 cm³/mol. The minimum Gasteiger partial charge on any atom is -0.480 e. The van der Waals surface area contributed by atoms with Crippen molar-refractivity contribution in [2.75, 3.05) is 26.2 Å². The fraction of sp³-hybridized carbons (Fsp3) is 0.375. The van der Waals surface area contributed by atoms with E-state index in [0.717, 1.165) is 37.1 Å². The molecule has 3 aromatic rings. The Morgan fingerprint density at radius 3 is 2.49 bits per heavy atom. The normalized spacial score (nSPS) is 15.1. The number of carbonyl (C=O) groups excluding carboxylic acids is 1. The second-order valence-electron chi connectivity index (χ2n) is 8.94. The molecule has 0 bridgehead atoms. The summed E-state index contributed by atoms with van der Waals surface area (Å²) < 4.78 is 29.3. The van der Waals surface area contributed by atoms with E-state index >= 15 is 0 Å². The Hall–Kier alpha value is -2.78. The third-order valence-electron chi connectivity index (χ3n) is 6.20. The highest BCUT2D eigenvalue weighted by Gasteiger charge is 2.29. The summed E-state index contributed by atoms with van der Waals surface area (Å²) >= 11 is 12.0. The first-order chi connectivity index (χ1) is 18.6. The fourth-order valence-electron chi connectivity index (χ4n) is 4.38. The van der Waals surface area contributed by atoms with Crippen LogP contribution in [-0.2, 0) is 28.3 Å². The number of amides is 1. The molecule has 2 aromatic carbocycles. The van der Waals surface area contributed by atoms with E-state index in [0.29, 0.717) is 11.9 Å². The van der Waals surface area contributed by atoms with Gasteiger partial charge in [0.05, 0.1) is 26.8 Å². The molecule has 1 atom stereocenters. The molecule has 1 fully saturated rings. The number of para-hydroxylation sites is 1. The summed E-state index contributed by atoms with van der Waals surface area (Å²) in [4.78, 5) is 24.5. The molecule has 0 radical (unpaired) electrons. The summed E-state index contributed by atoms with van der Waals surface area (Å²) in [6.45, 7) is 2.09. The average Bonchev–Trinajstić information content (AvgIpc) is 3.51. The molecule has 12 nitrogen and oxygen atoms in total. The van der Waals surface area contributed by atoms with Gasteiger partial charge >= 0.3 is 5.97 Å². The number of hydrogen-bond acceptors (Lipinski definition) is 8. The van der Waals surface area contributed by atoms with Crippen LogP contribution in [0.15, 0.2) is 41.3 Å². The van der Waals surface area contributed by atoms with Crippen LogP contribution < -0.4 is 26.0 Å². The van der Waals surface area contributed by atoms with Crippen molar-refractivity contribution < 1.29 is 23.1 Å². The maximum atomic E-state index is 13.1. The molecule has 1 amide bonds. The van der Waals surface area contributed by atoms with Crippen molar-refractivity contribution >= 4 is 56.0 Å². The highest BCUT2D eigenvalue weighted by atomic mass is 35.5. The van der Waals surface area contributed by atoms with Crippen molar-refractivity contribution in [3.63, 3.8) is 0 Å². The van der Waals surface area contributed by atoms with Crippen molar-refractivity contribution in [1.82, 2.24) is 35.8 Å². The number of nitrogens with zero attached hydrogens (tertiary/aromatic N) is 2. The highest BCUT2D eigenvalue weighted by molar-refractivity contribution is 7.89. The summed E-state index contributed by atoms with van der Waals surface area (Å²) in [5, 5.41) is 27.2. The quantitative estimate of drug-likeness (QED) is 0.167. The lowest BCUT2D eigenvalue weighted by Gasteiger charge is -2.17. The number of hydrogen-bond donors (Lipinski definition) is 6. The van der Waals surface area contributed by atoms with E-state index in [1.165, 1.54) is 18.2 Å². The number of carboxylic acids is 1. The third-order valence-corrected chi connectivity index (χ3v) is 8.62. The number of aryl methyl sites for hydroxylation is 2. The van der Waals surface area contributed by atoms with Crippen LogP contribution in [0.2, 0.25) is 10.0 Å². The number of benzene rings is 2. The second kappa shape index (κ2) is 12.6. The molecule has 6 N–H and O–H groups in total. The number of aliphatic carboxylic acids is 1. The lowest BCUT2D eigenvalue weighted by molar-refractivity contribution is -0.138. The van der Waals surface area contributed by atoms with Crippen LogP contribution in [0.5, 0.6) is 0 Å². The largest absolute Gasteiger partial charge is 0.480 e. The average molecular weight is 599 g/mol. The molecule has 1 aromatic heterocycles. The first kappa shape index (κ1) is 29.2. The van der Waals surface area contributed by atoms with Gasteiger partial charge in [-0.3, -0.25) is 30.2 Å². The van der Waals surface area contributed by atoms with Crippen molar-refractivity contribution in [3.05, 3.63) is 57.7 Å². The van der Waals surface area contributed by atoms with Crippen LogP contribution >= 0.6 is 23.2 Å². The molecule has 1 aliphatic rings. The molecule has 39 heavy (non-hydrogen) atoms. The first-order valence-electron chi connectivity index (χ1n) is 12.2. The van der Waals surface area contributed by atoms with Gasteiger partial charge in [0.1, 0.15) is 17.2 Å². The molecule has 1 saturated heterocycles. The van der Waals surface area contributed by atoms with Crippen molar-refractivity contribution in [1.29, 1.82) is 0 Å². The number of halogens is 2. The van der Waals surface area contributed by atoms with Gasteiger partial charge in [-0.05, 0) is 37.6 Å². The summed E-state index contributed by atoms with van der Waals surface area (Å²) in [6, 6.07) is 7.64. The van der Waals surface area contributed by atoms with Gasteiger partial charge in [-0.25, -0.2) is 8.42 Å². The van der Waals surface area contributed by atoms with E-state index < -0.39 is 39.4 Å². The summed E-state index contributed by atoms with van der Waals surface area (Å²) in [6.07, 6.45) is 1.62. The Kier molecular flexibility index (Phi) is 9.43. The second-order valence-corrected chi connectivity index (χ2v) is 11.4. The smallest absolute Gasteiger partial charge is 0.323 e. The molecule has 210 valence electrons. The SMILES string of the molecule is Cn1nc(CCCNC2NCCN2)c2cccc(C(=O)NCC(NS(=O)(=O)c3c(Cl)cccc3Cl)C(=O)O)c21. The van der Waals surface area contributed by atoms with Crippen LogP contribution in [0.4, 0.5) is 0 Å². The Labute approximate surface area is 235 Å². The summed E-state index contributed by atoms with van der Waals surface area (Å²) in [5.41, 5.74) is 1.71. The van der Waals surface area contributed by atoms with E-state index in [4.69, 9.17) is 23.2 Å². The van der Waals surface area contributed by atoms with Crippen LogP contribution in [0, 0.1) is 0 Å². The van der Waals surface area contributed by atoms with Crippen molar-refractivity contribution in [3.8, 4) is 0 Å². The minimum atomic E-state index is -4.41. The molecule has 0 spiro atoms. The van der Waals surface area contributed by atoms with Gasteiger partial charge < -0.3 is 10.4 Å². The molecule has 15 heteroatoms. The van der Waals surface area contributed by atoms with Gasteiger partial charge in [-0.15, -0.1) is 0 Å². The standard InChI is InChI=1S/C24H29Cl2N7O5S/c1-33-20-14(18(31-33)9-4-10-27-24-28-11-12-29-24)5-2-6-15(20)22(34)30-13-19(23(35)36)32-39(37,38)21-16(25)7-3-8-17(21)26/h2-3,5-8,19,24,27-29,32H,4,9-13H2,1H3,(H,30,34)(H,35,36). The molecular weight excluding hydrogens is 569 g/mol. The number of fused-ring (bicyclic) bond motifs is 1. The Balaban J connectivity index is 1.44. The summed E-state index contributed by atoms with van der Waals surface area (Å²) in [5.74, 6) is -2.06. The zero-order valence-electron chi connectivity index (χ0n) is 21.0. The number of rotatable bonds is 12. The van der Waals surface area contributed by atoms with Crippen molar-refractivity contribution in [2.24, 2.45) is 7.05 Å². The molecular formula is C24H29Cl2N7O5S. The molecule has 1 unspecified atom stereocenters. The van der Waals surface area contributed by atoms with Gasteiger partial charge in [-0.2, -0.15) is 9.82 Å². The van der Waals surface area contributed by atoms with Crippen LogP contribution in [0.25, 0.3) is 10.9 Å². The summed E-state index contributed by atoms with van der Waals surface area (Å²) in [7, 11) is -2.68. The van der Waals surface area contributed by atoms with Crippen LogP contribution in [0.3, 0.4) is 0 Å². The van der Waals surface area contributed by atoms with Gasteiger partial charge in [0.15, 0.2) is 0 Å². The first-order valence-corrected chi connectivity index (χ1v) is 14.4. The number of aromatic nitrogens is 2. The Bertz CT molecular complexity index is 1450. The predicted octanol–water partition coefficient (Wildman–Crippen LogP) is 1.04.